The highest BCUT2D eigenvalue weighted by atomic mass is 16.1. The number of hydrogen-bond donors (Lipinski definition) is 3. The molecule has 0 bridgehead atoms. The molecule has 0 spiro atoms. The number of aromatic nitrogens is 2. The second kappa shape index (κ2) is 6.43. The molecule has 4 rings (SSSR count). The summed E-state index contributed by atoms with van der Waals surface area (Å²) in [7, 11) is 0. The highest BCUT2D eigenvalue weighted by Crippen LogP contribution is 2.39. The van der Waals surface area contributed by atoms with Gasteiger partial charge in [0.05, 0.1) is 6.42 Å². The molecule has 0 radical (unpaired) electrons. The van der Waals surface area contributed by atoms with Gasteiger partial charge in [-0.25, -0.2) is 0 Å². The molecular weight excluding hydrogens is 312 g/mol. The first-order chi connectivity index (χ1) is 12.2. The number of anilines is 2. The van der Waals surface area contributed by atoms with E-state index in [2.05, 4.69) is 15.5 Å². The van der Waals surface area contributed by atoms with Crippen molar-refractivity contribution in [3.05, 3.63) is 65.9 Å². The molecule has 1 amide bonds. The number of H-pyrrole nitrogens is 1. The van der Waals surface area contributed by atoms with E-state index in [1.54, 1.807) is 0 Å². The van der Waals surface area contributed by atoms with Crippen molar-refractivity contribution in [2.45, 2.75) is 25.2 Å². The number of aromatic amines is 1. The lowest BCUT2D eigenvalue weighted by atomic mass is 10.0. The molecule has 5 heteroatoms. The molecule has 1 aliphatic carbocycles. The van der Waals surface area contributed by atoms with Gasteiger partial charge in [-0.1, -0.05) is 36.4 Å². The molecule has 25 heavy (non-hydrogen) atoms. The Morgan fingerprint density at radius 2 is 1.72 bits per heavy atom. The van der Waals surface area contributed by atoms with Crippen LogP contribution >= 0.6 is 0 Å². The van der Waals surface area contributed by atoms with Gasteiger partial charge in [-0.3, -0.25) is 9.89 Å². The number of rotatable bonds is 5. The van der Waals surface area contributed by atoms with Crippen LogP contribution in [0.25, 0.3) is 11.1 Å². The van der Waals surface area contributed by atoms with E-state index in [9.17, 15) is 4.79 Å². The van der Waals surface area contributed by atoms with Crippen molar-refractivity contribution in [2.24, 2.45) is 0 Å². The van der Waals surface area contributed by atoms with Crippen LogP contribution in [0.2, 0.25) is 0 Å². The van der Waals surface area contributed by atoms with Gasteiger partial charge in [0.1, 0.15) is 0 Å². The zero-order chi connectivity index (χ0) is 17.2. The van der Waals surface area contributed by atoms with E-state index in [-0.39, 0.29) is 5.91 Å². The Hall–Kier alpha value is -3.08. The van der Waals surface area contributed by atoms with Crippen LogP contribution in [-0.4, -0.2) is 16.1 Å². The number of amides is 1. The Morgan fingerprint density at radius 1 is 1.08 bits per heavy atom. The largest absolute Gasteiger partial charge is 0.399 e. The third-order valence-electron chi connectivity index (χ3n) is 4.44. The van der Waals surface area contributed by atoms with Gasteiger partial charge in [0.25, 0.3) is 0 Å². The lowest BCUT2D eigenvalue weighted by molar-refractivity contribution is -0.115. The standard InChI is InChI=1S/C20H20N4O/c21-17-9-7-15(8-10-17)14-3-1-13(2-4-14)11-20(25)22-19-12-18(23-24-19)16-5-6-16/h1-4,7-10,12,16H,5-6,11,21H2,(H2,22,23,24,25). The first kappa shape index (κ1) is 15.4. The summed E-state index contributed by atoms with van der Waals surface area (Å²) in [5.41, 5.74) is 10.8. The molecule has 1 aliphatic rings. The van der Waals surface area contributed by atoms with Gasteiger partial charge in [0.15, 0.2) is 5.82 Å². The predicted molar refractivity (Wildman–Crippen MR) is 99.2 cm³/mol. The Balaban J connectivity index is 1.38. The highest BCUT2D eigenvalue weighted by Gasteiger charge is 2.25. The van der Waals surface area contributed by atoms with Gasteiger partial charge >= 0.3 is 0 Å². The Labute approximate surface area is 146 Å². The van der Waals surface area contributed by atoms with Crippen LogP contribution in [0.1, 0.15) is 30.0 Å². The summed E-state index contributed by atoms with van der Waals surface area (Å²) in [5.74, 6) is 1.14. The minimum atomic E-state index is -0.0610. The van der Waals surface area contributed by atoms with E-state index >= 15 is 0 Å². The second-order valence-corrected chi connectivity index (χ2v) is 6.53. The molecule has 2 aromatic carbocycles. The first-order valence-corrected chi connectivity index (χ1v) is 8.47. The maximum absolute atomic E-state index is 12.2. The van der Waals surface area contributed by atoms with E-state index in [4.69, 9.17) is 5.73 Å². The van der Waals surface area contributed by atoms with E-state index in [1.807, 2.05) is 54.6 Å². The molecule has 5 nitrogen and oxygen atoms in total. The van der Waals surface area contributed by atoms with Gasteiger partial charge in [0.2, 0.25) is 5.91 Å². The molecule has 0 atom stereocenters. The topological polar surface area (TPSA) is 83.8 Å². The summed E-state index contributed by atoms with van der Waals surface area (Å²) in [6, 6.07) is 17.7. The van der Waals surface area contributed by atoms with Crippen LogP contribution in [0, 0.1) is 0 Å². The van der Waals surface area contributed by atoms with Crippen molar-refractivity contribution < 1.29 is 4.79 Å². The quantitative estimate of drug-likeness (QED) is 0.623. The molecular formula is C20H20N4O. The molecule has 126 valence electrons. The fraction of sp³-hybridized carbons (Fsp3) is 0.200. The summed E-state index contributed by atoms with van der Waals surface area (Å²) in [5, 5.41) is 10.00. The van der Waals surface area contributed by atoms with Gasteiger partial charge in [-0.15, -0.1) is 0 Å². The van der Waals surface area contributed by atoms with Crippen LogP contribution < -0.4 is 11.1 Å². The van der Waals surface area contributed by atoms with Gasteiger partial charge in [-0.2, -0.15) is 5.10 Å². The van der Waals surface area contributed by atoms with Crippen LogP contribution in [0.5, 0.6) is 0 Å². The van der Waals surface area contributed by atoms with Crippen molar-refractivity contribution in [3.63, 3.8) is 0 Å². The second-order valence-electron chi connectivity index (χ2n) is 6.53. The van der Waals surface area contributed by atoms with Crippen molar-refractivity contribution in [3.8, 4) is 11.1 Å². The smallest absolute Gasteiger partial charge is 0.229 e. The SMILES string of the molecule is Nc1ccc(-c2ccc(CC(=O)Nc3cc(C4CC4)[nH]n3)cc2)cc1. The lowest BCUT2D eigenvalue weighted by Gasteiger charge is -2.05. The van der Waals surface area contributed by atoms with Crippen molar-refractivity contribution in [1.82, 2.24) is 10.2 Å². The fourth-order valence-corrected chi connectivity index (χ4v) is 2.87. The summed E-state index contributed by atoms with van der Waals surface area (Å²) < 4.78 is 0. The van der Waals surface area contributed by atoms with Gasteiger partial charge in [0, 0.05) is 23.4 Å². The Bertz CT molecular complexity index is 877. The monoisotopic (exact) mass is 332 g/mol. The number of carbonyl (C=O) groups is 1. The molecule has 1 heterocycles. The maximum Gasteiger partial charge on any atom is 0.229 e. The van der Waals surface area contributed by atoms with Crippen LogP contribution in [0.15, 0.2) is 54.6 Å². The molecule has 0 aliphatic heterocycles. The summed E-state index contributed by atoms with van der Waals surface area (Å²) in [6.45, 7) is 0. The fourth-order valence-electron chi connectivity index (χ4n) is 2.87. The number of nitrogens with one attached hydrogen (secondary N) is 2. The zero-order valence-corrected chi connectivity index (χ0v) is 13.8. The molecule has 3 aromatic rings. The minimum Gasteiger partial charge on any atom is -0.399 e. The third kappa shape index (κ3) is 3.71. The van der Waals surface area contributed by atoms with Gasteiger partial charge in [-0.05, 0) is 41.7 Å². The minimum absolute atomic E-state index is 0.0610. The summed E-state index contributed by atoms with van der Waals surface area (Å²) >= 11 is 0. The molecule has 1 fully saturated rings. The predicted octanol–water partition coefficient (Wildman–Crippen LogP) is 3.72. The normalized spacial score (nSPS) is 13.6. The van der Waals surface area contributed by atoms with E-state index in [0.717, 1.165) is 28.1 Å². The van der Waals surface area contributed by atoms with Crippen molar-refractivity contribution in [2.75, 3.05) is 11.1 Å². The average Bonchev–Trinajstić information content (AvgIpc) is 3.36. The average molecular weight is 332 g/mol. The van der Waals surface area contributed by atoms with Crippen molar-refractivity contribution >= 4 is 17.4 Å². The number of nitrogens with zero attached hydrogens (tertiary/aromatic N) is 1. The number of benzene rings is 2. The summed E-state index contributed by atoms with van der Waals surface area (Å²) in [4.78, 5) is 12.2. The Kier molecular flexibility index (Phi) is 3.98. The molecule has 0 unspecified atom stereocenters. The summed E-state index contributed by atoms with van der Waals surface area (Å²) in [6.07, 6.45) is 2.74. The highest BCUT2D eigenvalue weighted by molar-refractivity contribution is 5.91. The number of carbonyl (C=O) groups excluding carboxylic acids is 1. The molecule has 4 N–H and O–H groups in total. The van der Waals surface area contributed by atoms with E-state index in [0.29, 0.717) is 18.2 Å². The first-order valence-electron chi connectivity index (χ1n) is 8.47. The molecule has 1 saturated carbocycles. The lowest BCUT2D eigenvalue weighted by Crippen LogP contribution is -2.14. The van der Waals surface area contributed by atoms with Crippen LogP contribution in [-0.2, 0) is 11.2 Å². The number of nitrogen functional groups attached to an aromatic ring is 1. The zero-order valence-electron chi connectivity index (χ0n) is 13.8. The third-order valence-corrected chi connectivity index (χ3v) is 4.44. The van der Waals surface area contributed by atoms with E-state index in [1.165, 1.54) is 12.8 Å². The number of nitrogens with two attached hydrogens (primary N) is 1. The number of hydrogen-bond acceptors (Lipinski definition) is 3. The van der Waals surface area contributed by atoms with Crippen LogP contribution in [0.4, 0.5) is 11.5 Å². The van der Waals surface area contributed by atoms with Crippen LogP contribution in [0.3, 0.4) is 0 Å². The Morgan fingerprint density at radius 3 is 2.36 bits per heavy atom. The van der Waals surface area contributed by atoms with Crippen molar-refractivity contribution in [1.29, 1.82) is 0 Å². The maximum atomic E-state index is 12.2. The van der Waals surface area contributed by atoms with Gasteiger partial charge < -0.3 is 11.1 Å². The molecule has 1 aromatic heterocycles. The molecule has 0 saturated heterocycles. The van der Waals surface area contributed by atoms with E-state index < -0.39 is 0 Å².